The highest BCUT2D eigenvalue weighted by Gasteiger charge is 2.27. The smallest absolute Gasteiger partial charge is 0.137 e. The van der Waals surface area contributed by atoms with Crippen molar-refractivity contribution < 1.29 is 4.84 Å². The summed E-state index contributed by atoms with van der Waals surface area (Å²) in [5.74, 6) is 0. The molecule has 1 rings (SSSR count). The molecule has 1 heterocycles. The van der Waals surface area contributed by atoms with E-state index in [2.05, 4.69) is 5.16 Å². The molecule has 9 heavy (non-hydrogen) atoms. The predicted octanol–water partition coefficient (Wildman–Crippen LogP) is 0.500. The Morgan fingerprint density at radius 1 is 1.78 bits per heavy atom. The van der Waals surface area contributed by atoms with E-state index < -0.39 is 0 Å². The first-order valence-electron chi connectivity index (χ1n) is 3.08. The third kappa shape index (κ3) is 1.42. The fraction of sp³-hybridized carbons (Fsp3) is 0.833. The molecule has 0 fully saturated rings. The van der Waals surface area contributed by atoms with Crippen LogP contribution >= 0.6 is 0 Å². The van der Waals surface area contributed by atoms with Gasteiger partial charge in [0.15, 0.2) is 0 Å². The SMILES string of the molecule is CC1(C)CC(CN)=NO1. The van der Waals surface area contributed by atoms with Crippen molar-refractivity contribution in [3.8, 4) is 0 Å². The van der Waals surface area contributed by atoms with Crippen molar-refractivity contribution in [1.29, 1.82) is 0 Å². The quantitative estimate of drug-likeness (QED) is 0.559. The van der Waals surface area contributed by atoms with Crippen LogP contribution in [0.25, 0.3) is 0 Å². The van der Waals surface area contributed by atoms with Gasteiger partial charge in [-0.15, -0.1) is 0 Å². The molecular formula is C6H12N2O. The number of nitrogens with two attached hydrogens (primary N) is 1. The molecule has 0 saturated heterocycles. The van der Waals surface area contributed by atoms with Gasteiger partial charge in [0.05, 0.1) is 5.71 Å². The second kappa shape index (κ2) is 1.99. The van der Waals surface area contributed by atoms with E-state index in [4.69, 9.17) is 10.6 Å². The lowest BCUT2D eigenvalue weighted by molar-refractivity contribution is 0.0123. The van der Waals surface area contributed by atoms with Crippen LogP contribution in [0, 0.1) is 0 Å². The molecule has 0 aromatic carbocycles. The molecule has 0 aromatic heterocycles. The largest absolute Gasteiger partial charge is 0.389 e. The molecule has 0 unspecified atom stereocenters. The molecule has 1 aliphatic rings. The highest BCUT2D eigenvalue weighted by atomic mass is 16.7. The van der Waals surface area contributed by atoms with Crippen LogP contribution in [-0.4, -0.2) is 17.9 Å². The Kier molecular flexibility index (Phi) is 1.45. The van der Waals surface area contributed by atoms with Crippen molar-refractivity contribution >= 4 is 5.71 Å². The Labute approximate surface area is 54.9 Å². The van der Waals surface area contributed by atoms with E-state index in [0.717, 1.165) is 12.1 Å². The summed E-state index contributed by atoms with van der Waals surface area (Å²) in [5, 5.41) is 3.80. The van der Waals surface area contributed by atoms with Crippen LogP contribution in [0.5, 0.6) is 0 Å². The fourth-order valence-electron chi connectivity index (χ4n) is 0.854. The minimum Gasteiger partial charge on any atom is -0.389 e. The van der Waals surface area contributed by atoms with E-state index in [1.54, 1.807) is 0 Å². The second-order valence-electron chi connectivity index (χ2n) is 2.89. The first-order valence-corrected chi connectivity index (χ1v) is 3.08. The number of hydrogen-bond donors (Lipinski definition) is 1. The van der Waals surface area contributed by atoms with Gasteiger partial charge in [0, 0.05) is 13.0 Å². The minimum absolute atomic E-state index is 0.116. The summed E-state index contributed by atoms with van der Waals surface area (Å²) in [7, 11) is 0. The van der Waals surface area contributed by atoms with Crippen LogP contribution < -0.4 is 5.73 Å². The predicted molar refractivity (Wildman–Crippen MR) is 36.3 cm³/mol. The molecular weight excluding hydrogens is 116 g/mol. The van der Waals surface area contributed by atoms with Crippen molar-refractivity contribution in [3.63, 3.8) is 0 Å². The number of nitrogens with zero attached hydrogens (tertiary/aromatic N) is 1. The fourth-order valence-corrected chi connectivity index (χ4v) is 0.854. The molecule has 3 nitrogen and oxygen atoms in total. The number of hydrogen-bond acceptors (Lipinski definition) is 3. The first-order chi connectivity index (χ1) is 4.14. The molecule has 0 radical (unpaired) electrons. The monoisotopic (exact) mass is 128 g/mol. The van der Waals surface area contributed by atoms with E-state index >= 15 is 0 Å². The average Bonchev–Trinajstić information content (AvgIpc) is 2.10. The molecule has 0 spiro atoms. The Hall–Kier alpha value is -0.570. The standard InChI is InChI=1S/C6H12N2O/c1-6(2)3-5(4-7)8-9-6/h3-4,7H2,1-2H3. The van der Waals surface area contributed by atoms with Crippen LogP contribution in [0.2, 0.25) is 0 Å². The van der Waals surface area contributed by atoms with Gasteiger partial charge in [0.2, 0.25) is 0 Å². The van der Waals surface area contributed by atoms with Crippen LogP contribution in [-0.2, 0) is 4.84 Å². The third-order valence-electron chi connectivity index (χ3n) is 1.29. The van der Waals surface area contributed by atoms with Crippen molar-refractivity contribution in [1.82, 2.24) is 0 Å². The van der Waals surface area contributed by atoms with Crippen LogP contribution in [0.1, 0.15) is 20.3 Å². The van der Waals surface area contributed by atoms with E-state index in [1.807, 2.05) is 13.8 Å². The van der Waals surface area contributed by atoms with Crippen molar-refractivity contribution in [2.24, 2.45) is 10.9 Å². The van der Waals surface area contributed by atoms with Gasteiger partial charge in [-0.3, -0.25) is 0 Å². The molecule has 3 heteroatoms. The lowest BCUT2D eigenvalue weighted by Crippen LogP contribution is -2.21. The molecule has 0 bridgehead atoms. The van der Waals surface area contributed by atoms with E-state index in [1.165, 1.54) is 0 Å². The Balaban J connectivity index is 2.50. The average molecular weight is 128 g/mol. The van der Waals surface area contributed by atoms with Crippen molar-refractivity contribution in [2.75, 3.05) is 6.54 Å². The maximum atomic E-state index is 5.34. The van der Waals surface area contributed by atoms with Crippen LogP contribution in [0.15, 0.2) is 5.16 Å². The maximum Gasteiger partial charge on any atom is 0.137 e. The van der Waals surface area contributed by atoms with E-state index in [-0.39, 0.29) is 5.60 Å². The van der Waals surface area contributed by atoms with E-state index in [0.29, 0.717) is 6.54 Å². The lowest BCUT2D eigenvalue weighted by Gasteiger charge is -2.12. The number of rotatable bonds is 1. The highest BCUT2D eigenvalue weighted by molar-refractivity contribution is 5.87. The van der Waals surface area contributed by atoms with E-state index in [9.17, 15) is 0 Å². The van der Waals surface area contributed by atoms with Gasteiger partial charge in [-0.05, 0) is 13.8 Å². The topological polar surface area (TPSA) is 47.6 Å². The molecule has 0 saturated carbocycles. The summed E-state index contributed by atoms with van der Waals surface area (Å²) >= 11 is 0. The third-order valence-corrected chi connectivity index (χ3v) is 1.29. The summed E-state index contributed by atoms with van der Waals surface area (Å²) < 4.78 is 0. The summed E-state index contributed by atoms with van der Waals surface area (Å²) in [4.78, 5) is 5.05. The van der Waals surface area contributed by atoms with Crippen molar-refractivity contribution in [3.05, 3.63) is 0 Å². The Morgan fingerprint density at radius 2 is 2.44 bits per heavy atom. The van der Waals surface area contributed by atoms with Gasteiger partial charge in [-0.2, -0.15) is 0 Å². The molecule has 1 aliphatic heterocycles. The summed E-state index contributed by atoms with van der Waals surface area (Å²) in [5.41, 5.74) is 6.19. The zero-order valence-electron chi connectivity index (χ0n) is 5.85. The van der Waals surface area contributed by atoms with Crippen LogP contribution in [0.4, 0.5) is 0 Å². The van der Waals surface area contributed by atoms with Gasteiger partial charge in [0.25, 0.3) is 0 Å². The van der Waals surface area contributed by atoms with Gasteiger partial charge in [0.1, 0.15) is 5.60 Å². The Bertz CT molecular complexity index is 140. The normalized spacial score (nSPS) is 23.2. The zero-order valence-corrected chi connectivity index (χ0v) is 5.85. The molecule has 0 atom stereocenters. The summed E-state index contributed by atoms with van der Waals surface area (Å²) in [6.07, 6.45) is 0.865. The van der Waals surface area contributed by atoms with Gasteiger partial charge < -0.3 is 10.6 Å². The minimum atomic E-state index is -0.116. The second-order valence-corrected chi connectivity index (χ2v) is 2.89. The van der Waals surface area contributed by atoms with Crippen molar-refractivity contribution in [2.45, 2.75) is 25.9 Å². The number of oxime groups is 1. The van der Waals surface area contributed by atoms with Gasteiger partial charge in [-0.1, -0.05) is 5.16 Å². The lowest BCUT2D eigenvalue weighted by atomic mass is 10.0. The van der Waals surface area contributed by atoms with Gasteiger partial charge >= 0.3 is 0 Å². The molecule has 0 amide bonds. The van der Waals surface area contributed by atoms with Gasteiger partial charge in [-0.25, -0.2) is 0 Å². The van der Waals surface area contributed by atoms with Crippen LogP contribution in [0.3, 0.4) is 0 Å². The molecule has 0 aromatic rings. The Morgan fingerprint density at radius 3 is 2.67 bits per heavy atom. The molecule has 52 valence electrons. The highest BCUT2D eigenvalue weighted by Crippen LogP contribution is 2.21. The zero-order chi connectivity index (χ0) is 6.91. The first kappa shape index (κ1) is 6.55. The summed E-state index contributed by atoms with van der Waals surface area (Å²) in [6.45, 7) is 4.52. The molecule has 0 aliphatic carbocycles. The summed E-state index contributed by atoms with van der Waals surface area (Å²) in [6, 6.07) is 0. The maximum absolute atomic E-state index is 5.34. The molecule has 2 N–H and O–H groups in total.